The van der Waals surface area contributed by atoms with Gasteiger partial charge >= 0.3 is 5.97 Å². The monoisotopic (exact) mass is 233 g/mol. The quantitative estimate of drug-likeness (QED) is 0.784. The zero-order valence-electron chi connectivity index (χ0n) is 9.81. The van der Waals surface area contributed by atoms with Crippen LogP contribution in [0.15, 0.2) is 30.3 Å². The Bertz CT molecular complexity index is 450. The molecule has 0 heterocycles. The van der Waals surface area contributed by atoms with Crippen LogP contribution in [0.5, 0.6) is 0 Å². The van der Waals surface area contributed by atoms with Gasteiger partial charge in [0.25, 0.3) is 0 Å². The second-order valence-electron chi connectivity index (χ2n) is 3.94. The number of carbonyl (C=O) groups excluding carboxylic acids is 1. The molecule has 0 saturated heterocycles. The van der Waals surface area contributed by atoms with Crippen LogP contribution in [0.25, 0.3) is 6.08 Å². The lowest BCUT2D eigenvalue weighted by atomic mass is 10.1. The number of carboxylic acid groups (broad SMARTS) is 1. The second kappa shape index (κ2) is 5.84. The molecule has 1 rings (SSSR count). The van der Waals surface area contributed by atoms with E-state index in [0.717, 1.165) is 11.6 Å². The van der Waals surface area contributed by atoms with Gasteiger partial charge < -0.3 is 10.4 Å². The van der Waals surface area contributed by atoms with Crippen LogP contribution in [-0.2, 0) is 9.59 Å². The summed E-state index contributed by atoms with van der Waals surface area (Å²) in [6.07, 6.45) is 2.54. The summed E-state index contributed by atoms with van der Waals surface area (Å²) < 4.78 is 0. The molecule has 2 N–H and O–H groups in total. The number of carboxylic acids is 1. The van der Waals surface area contributed by atoms with Gasteiger partial charge in [0.15, 0.2) is 0 Å². The minimum Gasteiger partial charge on any atom is -0.478 e. The molecule has 0 bridgehead atoms. The maximum absolute atomic E-state index is 11.5. The number of aliphatic carboxylic acids is 1. The lowest BCUT2D eigenvalue weighted by Crippen LogP contribution is -2.17. The minimum absolute atomic E-state index is 0.0654. The maximum Gasteiger partial charge on any atom is 0.328 e. The Balaban J connectivity index is 2.79. The van der Waals surface area contributed by atoms with E-state index in [1.807, 2.05) is 13.8 Å². The van der Waals surface area contributed by atoms with Gasteiger partial charge in [-0.15, -0.1) is 0 Å². The maximum atomic E-state index is 11.5. The van der Waals surface area contributed by atoms with Crippen molar-refractivity contribution in [2.75, 3.05) is 5.32 Å². The lowest BCUT2D eigenvalue weighted by Gasteiger charge is -2.07. The molecule has 90 valence electrons. The van der Waals surface area contributed by atoms with E-state index >= 15 is 0 Å². The normalized spacial score (nSPS) is 10.8. The van der Waals surface area contributed by atoms with Gasteiger partial charge in [0, 0.05) is 17.7 Å². The smallest absolute Gasteiger partial charge is 0.328 e. The van der Waals surface area contributed by atoms with Gasteiger partial charge in [-0.1, -0.05) is 26.0 Å². The summed E-state index contributed by atoms with van der Waals surface area (Å²) in [4.78, 5) is 21.8. The molecule has 0 aromatic heterocycles. The van der Waals surface area contributed by atoms with Gasteiger partial charge in [-0.05, 0) is 23.8 Å². The van der Waals surface area contributed by atoms with Crippen molar-refractivity contribution >= 4 is 23.6 Å². The highest BCUT2D eigenvalue weighted by Gasteiger charge is 2.06. The van der Waals surface area contributed by atoms with E-state index in [1.165, 1.54) is 6.08 Å². The first-order valence-electron chi connectivity index (χ1n) is 5.31. The molecular weight excluding hydrogens is 218 g/mol. The molecule has 0 radical (unpaired) electrons. The van der Waals surface area contributed by atoms with Crippen LogP contribution in [0.3, 0.4) is 0 Å². The summed E-state index contributed by atoms with van der Waals surface area (Å²) in [7, 11) is 0. The predicted octanol–water partition coefficient (Wildman–Crippen LogP) is 2.38. The number of rotatable bonds is 4. The van der Waals surface area contributed by atoms with Crippen molar-refractivity contribution < 1.29 is 14.7 Å². The fraction of sp³-hybridized carbons (Fsp3) is 0.231. The molecule has 4 heteroatoms. The first-order valence-corrected chi connectivity index (χ1v) is 5.31. The summed E-state index contributed by atoms with van der Waals surface area (Å²) in [5.74, 6) is -1.15. The predicted molar refractivity (Wildman–Crippen MR) is 66.6 cm³/mol. The van der Waals surface area contributed by atoms with Crippen LogP contribution in [0.4, 0.5) is 5.69 Å². The standard InChI is InChI=1S/C13H15NO3/c1-9(2)13(17)14-11-5-3-4-10(8-11)6-7-12(15)16/h3-9H,1-2H3,(H,14,17)(H,15,16)/b7-6+. The largest absolute Gasteiger partial charge is 0.478 e. The van der Waals surface area contributed by atoms with Gasteiger partial charge in [0.05, 0.1) is 0 Å². The van der Waals surface area contributed by atoms with Crippen LogP contribution in [-0.4, -0.2) is 17.0 Å². The number of nitrogens with one attached hydrogen (secondary N) is 1. The molecule has 17 heavy (non-hydrogen) atoms. The van der Waals surface area contributed by atoms with Gasteiger partial charge in [-0.2, -0.15) is 0 Å². The molecule has 4 nitrogen and oxygen atoms in total. The van der Waals surface area contributed by atoms with Crippen molar-refractivity contribution in [3.8, 4) is 0 Å². The highest BCUT2D eigenvalue weighted by atomic mass is 16.4. The summed E-state index contributed by atoms with van der Waals surface area (Å²) in [5, 5.41) is 11.3. The van der Waals surface area contributed by atoms with E-state index in [0.29, 0.717) is 5.69 Å². The van der Waals surface area contributed by atoms with Gasteiger partial charge in [0.1, 0.15) is 0 Å². The number of hydrogen-bond acceptors (Lipinski definition) is 2. The minimum atomic E-state index is -0.999. The van der Waals surface area contributed by atoms with Crippen molar-refractivity contribution in [3.63, 3.8) is 0 Å². The highest BCUT2D eigenvalue weighted by Crippen LogP contribution is 2.13. The van der Waals surface area contributed by atoms with E-state index in [9.17, 15) is 9.59 Å². The molecule has 0 spiro atoms. The molecule has 0 unspecified atom stereocenters. The van der Waals surface area contributed by atoms with E-state index < -0.39 is 5.97 Å². The Labute approximate surface area is 100.0 Å². The summed E-state index contributed by atoms with van der Waals surface area (Å²) in [6.45, 7) is 3.62. The van der Waals surface area contributed by atoms with Crippen molar-refractivity contribution in [1.29, 1.82) is 0 Å². The van der Waals surface area contributed by atoms with E-state index in [-0.39, 0.29) is 11.8 Å². The lowest BCUT2D eigenvalue weighted by molar-refractivity contribution is -0.131. The van der Waals surface area contributed by atoms with Gasteiger partial charge in [-0.25, -0.2) is 4.79 Å². The zero-order valence-corrected chi connectivity index (χ0v) is 9.81. The number of amides is 1. The second-order valence-corrected chi connectivity index (χ2v) is 3.94. The molecule has 1 aromatic carbocycles. The van der Waals surface area contributed by atoms with Crippen molar-refractivity contribution in [1.82, 2.24) is 0 Å². The third-order valence-corrected chi connectivity index (χ3v) is 2.10. The first-order chi connectivity index (χ1) is 7.99. The molecule has 0 fully saturated rings. The van der Waals surface area contributed by atoms with E-state index in [4.69, 9.17) is 5.11 Å². The molecular formula is C13H15NO3. The summed E-state index contributed by atoms with van der Waals surface area (Å²) in [6, 6.07) is 7.01. The van der Waals surface area contributed by atoms with Crippen molar-refractivity contribution in [2.24, 2.45) is 5.92 Å². The van der Waals surface area contributed by atoms with Gasteiger partial charge in [-0.3, -0.25) is 4.79 Å². The van der Waals surface area contributed by atoms with Gasteiger partial charge in [0.2, 0.25) is 5.91 Å². The Hall–Kier alpha value is -2.10. The third-order valence-electron chi connectivity index (χ3n) is 2.10. The Morgan fingerprint density at radius 3 is 2.65 bits per heavy atom. The van der Waals surface area contributed by atoms with Crippen LogP contribution in [0.2, 0.25) is 0 Å². The molecule has 1 aromatic rings. The average Bonchev–Trinajstić information content (AvgIpc) is 2.26. The fourth-order valence-corrected chi connectivity index (χ4v) is 1.17. The molecule has 0 aliphatic rings. The third kappa shape index (κ3) is 4.51. The Kier molecular flexibility index (Phi) is 4.46. The highest BCUT2D eigenvalue weighted by molar-refractivity contribution is 5.92. The first kappa shape index (κ1) is 13.0. The van der Waals surface area contributed by atoms with Crippen LogP contribution in [0, 0.1) is 5.92 Å². The Morgan fingerprint density at radius 2 is 2.06 bits per heavy atom. The summed E-state index contributed by atoms with van der Waals surface area (Å²) >= 11 is 0. The van der Waals surface area contributed by atoms with Crippen molar-refractivity contribution in [3.05, 3.63) is 35.9 Å². The molecule has 1 amide bonds. The van der Waals surface area contributed by atoms with Crippen LogP contribution in [0.1, 0.15) is 19.4 Å². The average molecular weight is 233 g/mol. The number of anilines is 1. The fourth-order valence-electron chi connectivity index (χ4n) is 1.17. The molecule has 0 aliphatic carbocycles. The van der Waals surface area contributed by atoms with E-state index in [2.05, 4.69) is 5.32 Å². The van der Waals surface area contributed by atoms with E-state index in [1.54, 1.807) is 24.3 Å². The summed E-state index contributed by atoms with van der Waals surface area (Å²) in [5.41, 5.74) is 1.39. The van der Waals surface area contributed by atoms with Crippen molar-refractivity contribution in [2.45, 2.75) is 13.8 Å². The number of carbonyl (C=O) groups is 2. The molecule has 0 aliphatic heterocycles. The van der Waals surface area contributed by atoms with Crippen LogP contribution < -0.4 is 5.32 Å². The number of hydrogen-bond donors (Lipinski definition) is 2. The number of benzene rings is 1. The SMILES string of the molecule is CC(C)C(=O)Nc1cccc(/C=C/C(=O)O)c1. The topological polar surface area (TPSA) is 66.4 Å². The van der Waals surface area contributed by atoms with Crippen LogP contribution >= 0.6 is 0 Å². The molecule has 0 saturated carbocycles. The Morgan fingerprint density at radius 1 is 1.35 bits per heavy atom. The molecule has 0 atom stereocenters. The zero-order chi connectivity index (χ0) is 12.8.